The van der Waals surface area contributed by atoms with Crippen molar-refractivity contribution in [3.8, 4) is 0 Å². The highest BCUT2D eigenvalue weighted by atomic mass is 32.1. The third kappa shape index (κ3) is 4.27. The van der Waals surface area contributed by atoms with Crippen LogP contribution in [-0.4, -0.2) is 21.8 Å². The van der Waals surface area contributed by atoms with E-state index in [0.29, 0.717) is 17.1 Å². The van der Waals surface area contributed by atoms with Gasteiger partial charge < -0.3 is 5.32 Å². The lowest BCUT2D eigenvalue weighted by Crippen LogP contribution is -2.44. The van der Waals surface area contributed by atoms with Crippen molar-refractivity contribution in [2.45, 2.75) is 45.6 Å². The van der Waals surface area contributed by atoms with Gasteiger partial charge in [-0.3, -0.25) is 10.4 Å². The van der Waals surface area contributed by atoms with Gasteiger partial charge >= 0.3 is 0 Å². The zero-order chi connectivity index (χ0) is 14.4. The first kappa shape index (κ1) is 14.9. The third-order valence-corrected chi connectivity index (χ3v) is 4.00. The van der Waals surface area contributed by atoms with Crippen molar-refractivity contribution in [2.75, 3.05) is 0 Å². The molecule has 1 aromatic rings. The van der Waals surface area contributed by atoms with Crippen molar-refractivity contribution in [1.82, 2.24) is 15.7 Å². The van der Waals surface area contributed by atoms with Gasteiger partial charge in [-0.1, -0.05) is 25.8 Å². The van der Waals surface area contributed by atoms with Crippen molar-refractivity contribution in [3.05, 3.63) is 30.1 Å². The lowest BCUT2D eigenvalue weighted by Gasteiger charge is -2.30. The van der Waals surface area contributed by atoms with Gasteiger partial charge in [0.25, 0.3) is 0 Å². The molecule has 20 heavy (non-hydrogen) atoms. The molecule has 0 bridgehead atoms. The Kier molecular flexibility index (Phi) is 5.47. The number of hydrogen-bond donors (Lipinski definition) is 2. The third-order valence-electron chi connectivity index (χ3n) is 3.79. The molecule has 0 aliphatic heterocycles. The number of nitrogens with zero attached hydrogens (tertiary/aromatic N) is 2. The molecular weight excluding hydrogens is 268 g/mol. The molecule has 2 atom stereocenters. The minimum absolute atomic E-state index is 0.467. The van der Waals surface area contributed by atoms with Crippen LogP contribution < -0.4 is 10.7 Å². The second-order valence-corrected chi connectivity index (χ2v) is 5.77. The van der Waals surface area contributed by atoms with E-state index in [9.17, 15) is 0 Å². The average Bonchev–Trinajstić information content (AvgIpc) is 2.48. The van der Waals surface area contributed by atoms with Crippen molar-refractivity contribution in [3.63, 3.8) is 0 Å². The normalized spacial score (nSPS) is 23.2. The Hall–Kier alpha value is -1.49. The molecule has 1 heterocycles. The highest BCUT2D eigenvalue weighted by Gasteiger charge is 2.21. The molecule has 1 aliphatic rings. The van der Waals surface area contributed by atoms with Crippen LogP contribution >= 0.6 is 12.2 Å². The first-order valence-corrected chi connectivity index (χ1v) is 7.60. The number of pyridine rings is 1. The number of rotatable bonds is 3. The zero-order valence-corrected chi connectivity index (χ0v) is 12.9. The van der Waals surface area contributed by atoms with Gasteiger partial charge in [-0.15, -0.1) is 0 Å². The van der Waals surface area contributed by atoms with Crippen molar-refractivity contribution in [1.29, 1.82) is 0 Å². The molecule has 2 N–H and O–H groups in total. The van der Waals surface area contributed by atoms with Crippen LogP contribution in [0.1, 0.15) is 45.2 Å². The Balaban J connectivity index is 1.85. The van der Waals surface area contributed by atoms with E-state index in [2.05, 4.69) is 27.8 Å². The first-order valence-electron chi connectivity index (χ1n) is 7.19. The predicted octanol–water partition coefficient (Wildman–Crippen LogP) is 2.85. The Morgan fingerprint density at radius 1 is 1.35 bits per heavy atom. The van der Waals surface area contributed by atoms with Gasteiger partial charge in [0.05, 0.1) is 11.4 Å². The monoisotopic (exact) mass is 290 g/mol. The number of aromatic nitrogens is 1. The van der Waals surface area contributed by atoms with Crippen LogP contribution in [0.3, 0.4) is 0 Å². The summed E-state index contributed by atoms with van der Waals surface area (Å²) >= 11 is 5.31. The second kappa shape index (κ2) is 7.33. The number of hydrazone groups is 1. The van der Waals surface area contributed by atoms with Gasteiger partial charge in [-0.05, 0) is 50.0 Å². The molecule has 1 aliphatic carbocycles. The summed E-state index contributed by atoms with van der Waals surface area (Å²) in [6.07, 6.45) is 6.83. The molecule has 4 nitrogen and oxygen atoms in total. The standard InChI is InChI=1S/C15H22N4S/c1-11-7-3-4-8-13(11)17-15(20)19-18-12(2)14-9-5-6-10-16-14/h5-6,9-11,13H,3-4,7-8H2,1-2H3,(H2,17,19,20)/b18-12-/t11-,13-/m0/s1. The van der Waals surface area contributed by atoms with E-state index in [1.807, 2.05) is 25.1 Å². The van der Waals surface area contributed by atoms with E-state index in [-0.39, 0.29) is 0 Å². The van der Waals surface area contributed by atoms with Crippen molar-refractivity contribution >= 4 is 23.0 Å². The molecule has 0 radical (unpaired) electrons. The van der Waals surface area contributed by atoms with Crippen molar-refractivity contribution < 1.29 is 0 Å². The smallest absolute Gasteiger partial charge is 0.187 e. The van der Waals surface area contributed by atoms with E-state index in [1.54, 1.807) is 6.20 Å². The molecule has 1 aromatic heterocycles. The second-order valence-electron chi connectivity index (χ2n) is 5.37. The minimum atomic E-state index is 0.467. The van der Waals surface area contributed by atoms with E-state index in [1.165, 1.54) is 25.7 Å². The maximum atomic E-state index is 5.31. The Morgan fingerprint density at radius 3 is 2.85 bits per heavy atom. The Morgan fingerprint density at radius 2 is 2.15 bits per heavy atom. The van der Waals surface area contributed by atoms with Crippen LogP contribution in [0.5, 0.6) is 0 Å². The molecule has 0 spiro atoms. The van der Waals surface area contributed by atoms with Crippen molar-refractivity contribution in [2.24, 2.45) is 11.0 Å². The van der Waals surface area contributed by atoms with Gasteiger partial charge in [0.2, 0.25) is 0 Å². The average molecular weight is 290 g/mol. The van der Waals surface area contributed by atoms with Crippen LogP contribution in [0.4, 0.5) is 0 Å². The van der Waals surface area contributed by atoms with E-state index >= 15 is 0 Å². The Labute approximate surface area is 126 Å². The highest BCUT2D eigenvalue weighted by Crippen LogP contribution is 2.23. The molecule has 1 fully saturated rings. The van der Waals surface area contributed by atoms with Crippen LogP contribution in [-0.2, 0) is 0 Å². The summed E-state index contributed by atoms with van der Waals surface area (Å²) in [5.41, 5.74) is 4.60. The van der Waals surface area contributed by atoms with E-state index < -0.39 is 0 Å². The quantitative estimate of drug-likeness (QED) is 0.510. The highest BCUT2D eigenvalue weighted by molar-refractivity contribution is 7.80. The summed E-state index contributed by atoms with van der Waals surface area (Å²) in [4.78, 5) is 4.25. The fraction of sp³-hybridized carbons (Fsp3) is 0.533. The molecule has 0 aromatic carbocycles. The van der Waals surface area contributed by atoms with Crippen LogP contribution in [0.2, 0.25) is 0 Å². The number of hydrogen-bond acceptors (Lipinski definition) is 3. The molecule has 5 heteroatoms. The van der Waals surface area contributed by atoms with Gasteiger partial charge in [0.1, 0.15) is 0 Å². The summed E-state index contributed by atoms with van der Waals surface area (Å²) in [6, 6.07) is 6.23. The molecular formula is C15H22N4S. The summed E-state index contributed by atoms with van der Waals surface area (Å²) in [5, 5.41) is 8.25. The fourth-order valence-electron chi connectivity index (χ4n) is 2.50. The van der Waals surface area contributed by atoms with Gasteiger partial charge in [0, 0.05) is 12.2 Å². The molecule has 0 saturated heterocycles. The summed E-state index contributed by atoms with van der Waals surface area (Å²) in [6.45, 7) is 4.20. The molecule has 0 amide bonds. The topological polar surface area (TPSA) is 49.3 Å². The summed E-state index contributed by atoms with van der Waals surface area (Å²) in [7, 11) is 0. The SMILES string of the molecule is C/C(=N/NC(=S)N[C@H]1CCCC[C@@H]1C)c1ccccn1. The maximum absolute atomic E-state index is 5.31. The molecule has 108 valence electrons. The zero-order valence-electron chi connectivity index (χ0n) is 12.1. The predicted molar refractivity (Wildman–Crippen MR) is 86.7 cm³/mol. The largest absolute Gasteiger partial charge is 0.358 e. The lowest BCUT2D eigenvalue weighted by molar-refractivity contribution is 0.308. The maximum Gasteiger partial charge on any atom is 0.187 e. The van der Waals surface area contributed by atoms with Crippen LogP contribution in [0, 0.1) is 5.92 Å². The molecule has 2 rings (SSSR count). The minimum Gasteiger partial charge on any atom is -0.358 e. The molecule has 1 saturated carbocycles. The fourth-order valence-corrected chi connectivity index (χ4v) is 2.70. The number of nitrogens with one attached hydrogen (secondary N) is 2. The van der Waals surface area contributed by atoms with Crippen LogP contribution in [0.25, 0.3) is 0 Å². The van der Waals surface area contributed by atoms with Gasteiger partial charge in [-0.2, -0.15) is 5.10 Å². The summed E-state index contributed by atoms with van der Waals surface area (Å²) < 4.78 is 0. The molecule has 0 unspecified atom stereocenters. The summed E-state index contributed by atoms with van der Waals surface area (Å²) in [5.74, 6) is 0.671. The van der Waals surface area contributed by atoms with Gasteiger partial charge in [0.15, 0.2) is 5.11 Å². The first-order chi connectivity index (χ1) is 9.66. The van der Waals surface area contributed by atoms with E-state index in [0.717, 1.165) is 11.4 Å². The van der Waals surface area contributed by atoms with Crippen LogP contribution in [0.15, 0.2) is 29.5 Å². The van der Waals surface area contributed by atoms with Gasteiger partial charge in [-0.25, -0.2) is 0 Å². The van der Waals surface area contributed by atoms with E-state index in [4.69, 9.17) is 12.2 Å². The Bertz CT molecular complexity index is 472. The lowest BCUT2D eigenvalue weighted by atomic mass is 9.86. The number of thiocarbonyl (C=S) groups is 1.